The van der Waals surface area contributed by atoms with Gasteiger partial charge in [-0.15, -0.1) is 0 Å². The third-order valence-electron chi connectivity index (χ3n) is 1.82. The summed E-state index contributed by atoms with van der Waals surface area (Å²) in [5.74, 6) is 0.699. The summed E-state index contributed by atoms with van der Waals surface area (Å²) < 4.78 is 1.69. The number of aryl methyl sites for hydroxylation is 1. The molecule has 0 saturated heterocycles. The van der Waals surface area contributed by atoms with Gasteiger partial charge < -0.3 is 10.6 Å². The van der Waals surface area contributed by atoms with E-state index >= 15 is 0 Å². The number of anilines is 1. The molecule has 1 heterocycles. The molecule has 0 fully saturated rings. The number of nitrogens with zero attached hydrogens (tertiary/aromatic N) is 2. The minimum atomic E-state index is -0.259. The maximum absolute atomic E-state index is 11.3. The Morgan fingerprint density at radius 3 is 2.93 bits per heavy atom. The van der Waals surface area contributed by atoms with Crippen molar-refractivity contribution >= 4 is 11.7 Å². The van der Waals surface area contributed by atoms with Gasteiger partial charge in [0.25, 0.3) is 0 Å². The van der Waals surface area contributed by atoms with Crippen LogP contribution < -0.4 is 10.6 Å². The van der Waals surface area contributed by atoms with E-state index in [1.807, 2.05) is 26.2 Å². The molecule has 78 valence electrons. The summed E-state index contributed by atoms with van der Waals surface area (Å²) in [7, 11) is 1.84. The van der Waals surface area contributed by atoms with Gasteiger partial charge in [0.2, 0.25) is 5.91 Å². The Balaban J connectivity index is 2.48. The highest BCUT2D eigenvalue weighted by atomic mass is 16.2. The zero-order chi connectivity index (χ0) is 10.6. The molecule has 5 heteroatoms. The van der Waals surface area contributed by atoms with Crippen molar-refractivity contribution in [3.8, 4) is 0 Å². The average Bonchev–Trinajstić information content (AvgIpc) is 2.51. The fourth-order valence-corrected chi connectivity index (χ4v) is 1.11. The fourth-order valence-electron chi connectivity index (χ4n) is 1.11. The summed E-state index contributed by atoms with van der Waals surface area (Å²) in [6.07, 6.45) is 1.83. The van der Waals surface area contributed by atoms with E-state index in [0.717, 1.165) is 0 Å². The topological polar surface area (TPSA) is 59.0 Å². The monoisotopic (exact) mass is 196 g/mol. The molecular weight excluding hydrogens is 180 g/mol. The SMILES string of the molecule is CCNC(=O)C(C)Nc1ccn(C)n1. The highest BCUT2D eigenvalue weighted by Crippen LogP contribution is 2.02. The molecule has 1 aromatic heterocycles. The fraction of sp³-hybridized carbons (Fsp3) is 0.556. The van der Waals surface area contributed by atoms with Crippen molar-refractivity contribution in [2.24, 2.45) is 7.05 Å². The van der Waals surface area contributed by atoms with Gasteiger partial charge in [-0.1, -0.05) is 0 Å². The van der Waals surface area contributed by atoms with Crippen molar-refractivity contribution in [3.05, 3.63) is 12.3 Å². The molecule has 0 saturated carbocycles. The van der Waals surface area contributed by atoms with Crippen LogP contribution >= 0.6 is 0 Å². The molecular formula is C9H16N4O. The van der Waals surface area contributed by atoms with Crippen LogP contribution in [0.15, 0.2) is 12.3 Å². The highest BCUT2D eigenvalue weighted by Gasteiger charge is 2.11. The number of hydrogen-bond donors (Lipinski definition) is 2. The van der Waals surface area contributed by atoms with Crippen molar-refractivity contribution in [3.63, 3.8) is 0 Å². The van der Waals surface area contributed by atoms with Gasteiger partial charge in [0.1, 0.15) is 11.9 Å². The van der Waals surface area contributed by atoms with E-state index in [2.05, 4.69) is 15.7 Å². The molecule has 0 radical (unpaired) electrons. The number of carbonyl (C=O) groups is 1. The Morgan fingerprint density at radius 1 is 1.71 bits per heavy atom. The minimum Gasteiger partial charge on any atom is -0.357 e. The van der Waals surface area contributed by atoms with Crippen molar-refractivity contribution in [1.29, 1.82) is 0 Å². The molecule has 2 N–H and O–H groups in total. The molecule has 0 aliphatic carbocycles. The molecule has 0 aliphatic rings. The molecule has 1 aromatic rings. The van der Waals surface area contributed by atoms with Crippen LogP contribution in [-0.2, 0) is 11.8 Å². The normalized spacial score (nSPS) is 12.2. The lowest BCUT2D eigenvalue weighted by molar-refractivity contribution is -0.121. The van der Waals surface area contributed by atoms with Crippen LogP contribution in [-0.4, -0.2) is 28.3 Å². The quantitative estimate of drug-likeness (QED) is 0.731. The maximum atomic E-state index is 11.3. The number of carbonyl (C=O) groups excluding carboxylic acids is 1. The first kappa shape index (κ1) is 10.6. The van der Waals surface area contributed by atoms with E-state index < -0.39 is 0 Å². The molecule has 0 spiro atoms. The largest absolute Gasteiger partial charge is 0.357 e. The van der Waals surface area contributed by atoms with E-state index in [-0.39, 0.29) is 11.9 Å². The van der Waals surface area contributed by atoms with Gasteiger partial charge in [-0.3, -0.25) is 9.48 Å². The smallest absolute Gasteiger partial charge is 0.242 e. The van der Waals surface area contributed by atoms with Crippen LogP contribution in [0, 0.1) is 0 Å². The van der Waals surface area contributed by atoms with E-state index in [1.54, 1.807) is 11.6 Å². The standard InChI is InChI=1S/C9H16N4O/c1-4-10-9(14)7(2)11-8-5-6-13(3)12-8/h5-7H,4H2,1-3H3,(H,10,14)(H,11,12). The van der Waals surface area contributed by atoms with Crippen LogP contribution in [0.2, 0.25) is 0 Å². The second-order valence-corrected chi connectivity index (χ2v) is 3.14. The lowest BCUT2D eigenvalue weighted by atomic mass is 10.3. The number of nitrogens with one attached hydrogen (secondary N) is 2. The second kappa shape index (κ2) is 4.64. The lowest BCUT2D eigenvalue weighted by Crippen LogP contribution is -2.37. The lowest BCUT2D eigenvalue weighted by Gasteiger charge is -2.11. The summed E-state index contributed by atoms with van der Waals surface area (Å²) in [5.41, 5.74) is 0. The van der Waals surface area contributed by atoms with Crippen molar-refractivity contribution < 1.29 is 4.79 Å². The molecule has 0 aliphatic heterocycles. The Kier molecular flexibility index (Phi) is 3.50. The number of rotatable bonds is 4. The maximum Gasteiger partial charge on any atom is 0.242 e. The summed E-state index contributed by atoms with van der Waals surface area (Å²) >= 11 is 0. The Hall–Kier alpha value is -1.52. The molecule has 5 nitrogen and oxygen atoms in total. The number of likely N-dealkylation sites (N-methyl/N-ethyl adjacent to an activating group) is 1. The molecule has 0 aromatic carbocycles. The van der Waals surface area contributed by atoms with Crippen LogP contribution in [0.1, 0.15) is 13.8 Å². The van der Waals surface area contributed by atoms with Gasteiger partial charge in [0.15, 0.2) is 0 Å². The third kappa shape index (κ3) is 2.76. The van der Waals surface area contributed by atoms with Gasteiger partial charge in [0.05, 0.1) is 0 Å². The Morgan fingerprint density at radius 2 is 2.43 bits per heavy atom. The molecule has 1 unspecified atom stereocenters. The Labute approximate surface area is 83.5 Å². The first-order chi connectivity index (χ1) is 6.63. The van der Waals surface area contributed by atoms with Gasteiger partial charge in [-0.05, 0) is 13.8 Å². The predicted octanol–water partition coefficient (Wildman–Crippen LogP) is 0.357. The number of amides is 1. The zero-order valence-corrected chi connectivity index (χ0v) is 8.74. The van der Waals surface area contributed by atoms with Crippen LogP contribution in [0.4, 0.5) is 5.82 Å². The third-order valence-corrected chi connectivity index (χ3v) is 1.82. The number of aromatic nitrogens is 2. The van der Waals surface area contributed by atoms with Gasteiger partial charge in [-0.25, -0.2) is 0 Å². The number of hydrogen-bond acceptors (Lipinski definition) is 3. The van der Waals surface area contributed by atoms with Gasteiger partial charge in [-0.2, -0.15) is 5.10 Å². The first-order valence-electron chi connectivity index (χ1n) is 4.67. The summed E-state index contributed by atoms with van der Waals surface area (Å²) in [6, 6.07) is 1.57. The zero-order valence-electron chi connectivity index (χ0n) is 8.74. The average molecular weight is 196 g/mol. The first-order valence-corrected chi connectivity index (χ1v) is 4.67. The van der Waals surface area contributed by atoms with E-state index in [0.29, 0.717) is 12.4 Å². The van der Waals surface area contributed by atoms with Crippen molar-refractivity contribution in [2.45, 2.75) is 19.9 Å². The van der Waals surface area contributed by atoms with Crippen LogP contribution in [0.25, 0.3) is 0 Å². The minimum absolute atomic E-state index is 0.0156. The van der Waals surface area contributed by atoms with E-state index in [1.165, 1.54) is 0 Å². The Bertz CT molecular complexity index is 308. The summed E-state index contributed by atoms with van der Waals surface area (Å²) in [6.45, 7) is 4.35. The van der Waals surface area contributed by atoms with Crippen molar-refractivity contribution in [2.75, 3.05) is 11.9 Å². The van der Waals surface area contributed by atoms with E-state index in [9.17, 15) is 4.79 Å². The van der Waals surface area contributed by atoms with Crippen LogP contribution in [0.3, 0.4) is 0 Å². The molecule has 1 rings (SSSR count). The van der Waals surface area contributed by atoms with Crippen molar-refractivity contribution in [1.82, 2.24) is 15.1 Å². The predicted molar refractivity (Wildman–Crippen MR) is 55.0 cm³/mol. The highest BCUT2D eigenvalue weighted by molar-refractivity contribution is 5.83. The van der Waals surface area contributed by atoms with Gasteiger partial charge >= 0.3 is 0 Å². The molecule has 14 heavy (non-hydrogen) atoms. The molecule has 1 amide bonds. The van der Waals surface area contributed by atoms with Crippen LogP contribution in [0.5, 0.6) is 0 Å². The molecule has 0 bridgehead atoms. The van der Waals surface area contributed by atoms with E-state index in [4.69, 9.17) is 0 Å². The summed E-state index contributed by atoms with van der Waals surface area (Å²) in [5, 5.41) is 9.86. The summed E-state index contributed by atoms with van der Waals surface area (Å²) in [4.78, 5) is 11.3. The molecule has 1 atom stereocenters. The van der Waals surface area contributed by atoms with Gasteiger partial charge in [0, 0.05) is 25.9 Å². The second-order valence-electron chi connectivity index (χ2n) is 3.14.